The standard InChI is InChI=1S/C13H10F5NS/c1-5-4-7(6(2)19(5)3)20-13-11(17)9(15)8(14)10(16)12(13)18/h4H,1-3H3. The molecule has 0 unspecified atom stereocenters. The third kappa shape index (κ3) is 2.19. The zero-order valence-corrected chi connectivity index (χ0v) is 11.6. The zero-order valence-electron chi connectivity index (χ0n) is 10.8. The molecule has 2 rings (SSSR count). The van der Waals surface area contributed by atoms with Crippen LogP contribution in [-0.4, -0.2) is 4.57 Å². The predicted molar refractivity (Wildman–Crippen MR) is 65.2 cm³/mol. The quantitative estimate of drug-likeness (QED) is 0.449. The number of hydrogen-bond donors (Lipinski definition) is 0. The van der Waals surface area contributed by atoms with Crippen LogP contribution in [0.4, 0.5) is 22.0 Å². The molecule has 0 amide bonds. The zero-order chi connectivity index (χ0) is 15.2. The Hall–Kier alpha value is -1.50. The lowest BCUT2D eigenvalue weighted by Gasteiger charge is -2.08. The van der Waals surface area contributed by atoms with Gasteiger partial charge in [-0.3, -0.25) is 0 Å². The van der Waals surface area contributed by atoms with Crippen molar-refractivity contribution in [1.82, 2.24) is 4.57 Å². The van der Waals surface area contributed by atoms with Crippen LogP contribution >= 0.6 is 11.8 Å². The molecule has 0 aliphatic rings. The minimum absolute atomic E-state index is 0.438. The van der Waals surface area contributed by atoms with Gasteiger partial charge in [-0.05, 0) is 19.9 Å². The summed E-state index contributed by atoms with van der Waals surface area (Å²) in [5.41, 5.74) is 1.49. The highest BCUT2D eigenvalue weighted by Crippen LogP contribution is 2.37. The van der Waals surface area contributed by atoms with Crippen LogP contribution in [0.5, 0.6) is 0 Å². The number of rotatable bonds is 2. The van der Waals surface area contributed by atoms with E-state index >= 15 is 0 Å². The Kier molecular flexibility index (Phi) is 3.82. The summed E-state index contributed by atoms with van der Waals surface area (Å²) in [6, 6.07) is 1.62. The van der Waals surface area contributed by atoms with Crippen LogP contribution in [0.3, 0.4) is 0 Å². The van der Waals surface area contributed by atoms with Crippen molar-refractivity contribution in [3.63, 3.8) is 0 Å². The molecule has 0 atom stereocenters. The van der Waals surface area contributed by atoms with Gasteiger partial charge in [0.05, 0.1) is 4.90 Å². The van der Waals surface area contributed by atoms with E-state index in [0.717, 1.165) is 5.69 Å². The van der Waals surface area contributed by atoms with Crippen LogP contribution in [0.15, 0.2) is 15.9 Å². The second-order valence-electron chi connectivity index (χ2n) is 4.30. The molecule has 0 fully saturated rings. The van der Waals surface area contributed by atoms with Gasteiger partial charge in [0.2, 0.25) is 5.82 Å². The monoisotopic (exact) mass is 307 g/mol. The molecule has 0 saturated heterocycles. The van der Waals surface area contributed by atoms with Gasteiger partial charge >= 0.3 is 0 Å². The fraction of sp³-hybridized carbons (Fsp3) is 0.231. The maximum atomic E-state index is 13.6. The van der Waals surface area contributed by atoms with Gasteiger partial charge in [0.1, 0.15) is 0 Å². The lowest BCUT2D eigenvalue weighted by Crippen LogP contribution is -2.03. The van der Waals surface area contributed by atoms with Crippen LogP contribution in [0.1, 0.15) is 11.4 Å². The number of nitrogens with zero attached hydrogens (tertiary/aromatic N) is 1. The van der Waals surface area contributed by atoms with Crippen LogP contribution in [-0.2, 0) is 7.05 Å². The van der Waals surface area contributed by atoms with Gasteiger partial charge < -0.3 is 4.57 Å². The van der Waals surface area contributed by atoms with Crippen molar-refractivity contribution in [1.29, 1.82) is 0 Å². The van der Waals surface area contributed by atoms with E-state index < -0.39 is 34.0 Å². The van der Waals surface area contributed by atoms with Crippen molar-refractivity contribution in [2.24, 2.45) is 7.05 Å². The van der Waals surface area contributed by atoms with Gasteiger partial charge in [-0.2, -0.15) is 0 Å². The number of hydrogen-bond acceptors (Lipinski definition) is 1. The third-order valence-electron chi connectivity index (χ3n) is 3.11. The highest BCUT2D eigenvalue weighted by molar-refractivity contribution is 7.99. The van der Waals surface area contributed by atoms with Gasteiger partial charge in [-0.15, -0.1) is 0 Å². The van der Waals surface area contributed by atoms with Crippen molar-refractivity contribution in [2.45, 2.75) is 23.6 Å². The minimum atomic E-state index is -2.15. The fourth-order valence-corrected chi connectivity index (χ4v) is 2.80. The Bertz CT molecular complexity index is 664. The highest BCUT2D eigenvalue weighted by atomic mass is 32.2. The summed E-state index contributed by atoms with van der Waals surface area (Å²) in [6.07, 6.45) is 0. The average Bonchev–Trinajstić information content (AvgIpc) is 2.66. The van der Waals surface area contributed by atoms with Crippen molar-refractivity contribution in [3.8, 4) is 0 Å². The second-order valence-corrected chi connectivity index (χ2v) is 5.35. The summed E-state index contributed by atoms with van der Waals surface area (Å²) in [5, 5.41) is 0. The molecule has 1 aromatic heterocycles. The van der Waals surface area contributed by atoms with Crippen LogP contribution < -0.4 is 0 Å². The van der Waals surface area contributed by atoms with E-state index in [0.29, 0.717) is 22.4 Å². The highest BCUT2D eigenvalue weighted by Gasteiger charge is 2.27. The molecule has 1 nitrogen and oxygen atoms in total. The molecule has 20 heavy (non-hydrogen) atoms. The molecule has 7 heteroatoms. The third-order valence-corrected chi connectivity index (χ3v) is 4.31. The summed E-state index contributed by atoms with van der Waals surface area (Å²) in [6.45, 7) is 3.47. The molecule has 1 heterocycles. The first kappa shape index (κ1) is 14.9. The van der Waals surface area contributed by atoms with Gasteiger partial charge in [-0.25, -0.2) is 22.0 Å². The van der Waals surface area contributed by atoms with Crippen molar-refractivity contribution >= 4 is 11.8 Å². The minimum Gasteiger partial charge on any atom is -0.351 e. The van der Waals surface area contributed by atoms with E-state index in [9.17, 15) is 22.0 Å². The van der Waals surface area contributed by atoms with Crippen LogP contribution in [0.2, 0.25) is 0 Å². The average molecular weight is 307 g/mol. The van der Waals surface area contributed by atoms with Crippen molar-refractivity contribution in [3.05, 3.63) is 46.5 Å². The second kappa shape index (κ2) is 5.12. The summed E-state index contributed by atoms with van der Waals surface area (Å²) in [5.74, 6) is -9.64. The predicted octanol–water partition coefficient (Wildman–Crippen LogP) is 4.49. The number of aryl methyl sites for hydroxylation is 1. The van der Waals surface area contributed by atoms with E-state index in [-0.39, 0.29) is 0 Å². The van der Waals surface area contributed by atoms with Gasteiger partial charge in [0, 0.05) is 23.3 Å². The lowest BCUT2D eigenvalue weighted by molar-refractivity contribution is 0.361. The van der Waals surface area contributed by atoms with Gasteiger partial charge in [0.25, 0.3) is 0 Å². The van der Waals surface area contributed by atoms with E-state index in [1.54, 1.807) is 31.5 Å². The SMILES string of the molecule is Cc1cc(Sc2c(F)c(F)c(F)c(F)c2F)c(C)n1C. The van der Waals surface area contributed by atoms with E-state index in [4.69, 9.17) is 0 Å². The molecule has 0 radical (unpaired) electrons. The lowest BCUT2D eigenvalue weighted by atomic mass is 10.3. The largest absolute Gasteiger partial charge is 0.351 e. The Labute approximate surface area is 116 Å². The van der Waals surface area contributed by atoms with E-state index in [1.165, 1.54) is 0 Å². The molecular formula is C13H10F5NS. The molecule has 0 aliphatic heterocycles. The molecule has 0 spiro atoms. The Balaban J connectivity index is 2.57. The Morgan fingerprint density at radius 1 is 0.850 bits per heavy atom. The van der Waals surface area contributed by atoms with Crippen LogP contribution in [0.25, 0.3) is 0 Å². The first-order valence-corrected chi connectivity index (χ1v) is 6.39. The molecular weight excluding hydrogens is 297 g/mol. The van der Waals surface area contributed by atoms with Crippen molar-refractivity contribution < 1.29 is 22.0 Å². The van der Waals surface area contributed by atoms with Gasteiger partial charge in [-0.1, -0.05) is 11.8 Å². The normalized spacial score (nSPS) is 11.2. The summed E-state index contributed by atoms with van der Waals surface area (Å²) < 4.78 is 68.1. The number of benzene rings is 1. The summed E-state index contributed by atoms with van der Waals surface area (Å²) in [4.78, 5) is -0.455. The molecule has 0 aliphatic carbocycles. The van der Waals surface area contributed by atoms with E-state index in [2.05, 4.69) is 0 Å². The molecule has 0 N–H and O–H groups in total. The summed E-state index contributed by atoms with van der Waals surface area (Å²) in [7, 11) is 1.74. The van der Waals surface area contributed by atoms with Gasteiger partial charge in [0.15, 0.2) is 23.3 Å². The molecule has 0 saturated carbocycles. The first-order valence-electron chi connectivity index (χ1n) is 5.57. The van der Waals surface area contributed by atoms with E-state index in [1.807, 2.05) is 0 Å². The smallest absolute Gasteiger partial charge is 0.200 e. The number of halogens is 5. The maximum Gasteiger partial charge on any atom is 0.200 e. The Morgan fingerprint density at radius 3 is 1.70 bits per heavy atom. The summed E-state index contributed by atoms with van der Waals surface area (Å²) >= 11 is 0.522. The molecule has 2 aromatic rings. The fourth-order valence-electron chi connectivity index (χ4n) is 1.71. The maximum absolute atomic E-state index is 13.6. The topological polar surface area (TPSA) is 4.93 Å². The molecule has 108 valence electrons. The first-order chi connectivity index (χ1) is 9.25. The number of aromatic nitrogens is 1. The van der Waals surface area contributed by atoms with Crippen molar-refractivity contribution in [2.75, 3.05) is 0 Å². The molecule has 0 bridgehead atoms. The Morgan fingerprint density at radius 2 is 1.30 bits per heavy atom. The molecule has 1 aromatic carbocycles. The van der Waals surface area contributed by atoms with Crippen LogP contribution in [0, 0.1) is 42.9 Å².